The number of carbonyl (C=O) groups is 1. The number of benzene rings is 3. The summed E-state index contributed by atoms with van der Waals surface area (Å²) in [7, 11) is 3.24. The first-order valence-electron chi connectivity index (χ1n) is 9.80. The average molecular weight is 475 g/mol. The SMILES string of the molecule is C=CCc1cc(/C=C(/C#N)C(=O)N(C)C)cc(Br)c1OCc1cccc2ccccc12. The lowest BCUT2D eigenvalue weighted by Crippen LogP contribution is -2.22. The van der Waals surface area contributed by atoms with E-state index in [-0.39, 0.29) is 11.5 Å². The Morgan fingerprint density at radius 1 is 1.16 bits per heavy atom. The molecular weight excluding hydrogens is 452 g/mol. The Bertz CT molecular complexity index is 1200. The Morgan fingerprint density at radius 3 is 2.61 bits per heavy atom. The van der Waals surface area contributed by atoms with Gasteiger partial charge in [0.1, 0.15) is 24.0 Å². The van der Waals surface area contributed by atoms with Gasteiger partial charge >= 0.3 is 0 Å². The van der Waals surface area contributed by atoms with Gasteiger partial charge in [-0.05, 0) is 68.0 Å². The molecule has 0 saturated heterocycles. The lowest BCUT2D eigenvalue weighted by molar-refractivity contribution is -0.124. The maximum absolute atomic E-state index is 12.2. The molecule has 1 amide bonds. The molecule has 0 radical (unpaired) electrons. The number of amides is 1. The monoisotopic (exact) mass is 474 g/mol. The van der Waals surface area contributed by atoms with Crippen molar-refractivity contribution < 1.29 is 9.53 Å². The number of hydrogen-bond acceptors (Lipinski definition) is 3. The molecule has 5 heteroatoms. The molecule has 0 atom stereocenters. The maximum Gasteiger partial charge on any atom is 0.264 e. The predicted molar refractivity (Wildman–Crippen MR) is 129 cm³/mol. The summed E-state index contributed by atoms with van der Waals surface area (Å²) in [4.78, 5) is 13.6. The first-order chi connectivity index (χ1) is 14.9. The third-order valence-corrected chi connectivity index (χ3v) is 5.42. The summed E-state index contributed by atoms with van der Waals surface area (Å²) in [5.41, 5.74) is 2.84. The fourth-order valence-electron chi connectivity index (χ4n) is 3.34. The number of rotatable bonds is 7. The highest BCUT2D eigenvalue weighted by molar-refractivity contribution is 9.10. The minimum absolute atomic E-state index is 0.0749. The number of nitrogens with zero attached hydrogens (tertiary/aromatic N) is 2. The molecule has 3 aromatic carbocycles. The fraction of sp³-hybridized carbons (Fsp3) is 0.154. The lowest BCUT2D eigenvalue weighted by Gasteiger charge is -2.15. The number of ether oxygens (including phenoxy) is 1. The molecule has 0 spiro atoms. The molecule has 0 heterocycles. The molecule has 0 aromatic heterocycles. The Hall–Kier alpha value is -3.36. The molecule has 0 bridgehead atoms. The number of carbonyl (C=O) groups excluding carboxylic acids is 1. The summed E-state index contributed by atoms with van der Waals surface area (Å²) in [6, 6.07) is 20.2. The quantitative estimate of drug-likeness (QED) is 0.243. The van der Waals surface area contributed by atoms with Crippen molar-refractivity contribution in [1.82, 2.24) is 4.90 Å². The second kappa shape index (κ2) is 10.1. The van der Waals surface area contributed by atoms with Crippen molar-refractivity contribution >= 4 is 38.7 Å². The summed E-state index contributed by atoms with van der Waals surface area (Å²) in [5.74, 6) is 0.391. The number of hydrogen-bond donors (Lipinski definition) is 0. The van der Waals surface area contributed by atoms with Crippen LogP contribution in [0.5, 0.6) is 5.75 Å². The van der Waals surface area contributed by atoms with Crippen LogP contribution in [0, 0.1) is 11.3 Å². The van der Waals surface area contributed by atoms with Crippen LogP contribution in [0.4, 0.5) is 0 Å². The predicted octanol–water partition coefficient (Wildman–Crippen LogP) is 5.90. The van der Waals surface area contributed by atoms with Crippen molar-refractivity contribution in [3.05, 3.63) is 94.0 Å². The van der Waals surface area contributed by atoms with E-state index in [0.717, 1.165) is 32.3 Å². The van der Waals surface area contributed by atoms with Crippen molar-refractivity contribution in [3.63, 3.8) is 0 Å². The van der Waals surface area contributed by atoms with Crippen LogP contribution in [0.2, 0.25) is 0 Å². The normalized spacial score (nSPS) is 11.1. The van der Waals surface area contributed by atoms with Crippen LogP contribution in [0.1, 0.15) is 16.7 Å². The Morgan fingerprint density at radius 2 is 1.90 bits per heavy atom. The zero-order valence-corrected chi connectivity index (χ0v) is 19.1. The molecular formula is C26H23BrN2O2. The molecule has 156 valence electrons. The smallest absolute Gasteiger partial charge is 0.264 e. The Labute approximate surface area is 191 Å². The van der Waals surface area contributed by atoms with Crippen molar-refractivity contribution in [2.24, 2.45) is 0 Å². The molecule has 4 nitrogen and oxygen atoms in total. The molecule has 0 unspecified atom stereocenters. The van der Waals surface area contributed by atoms with Gasteiger partial charge in [0.15, 0.2) is 0 Å². The lowest BCUT2D eigenvalue weighted by atomic mass is 10.0. The van der Waals surface area contributed by atoms with E-state index < -0.39 is 0 Å². The van der Waals surface area contributed by atoms with Gasteiger partial charge in [0.2, 0.25) is 0 Å². The minimum atomic E-state index is -0.333. The molecule has 0 fully saturated rings. The second-order valence-electron chi connectivity index (χ2n) is 7.28. The average Bonchev–Trinajstić information content (AvgIpc) is 2.76. The first-order valence-corrected chi connectivity index (χ1v) is 10.6. The van der Waals surface area contributed by atoms with Crippen LogP contribution < -0.4 is 4.74 Å². The van der Waals surface area contributed by atoms with Gasteiger partial charge in [-0.15, -0.1) is 6.58 Å². The molecule has 3 rings (SSSR count). The van der Waals surface area contributed by atoms with Crippen molar-refractivity contribution in [2.45, 2.75) is 13.0 Å². The van der Waals surface area contributed by atoms with Gasteiger partial charge in [-0.1, -0.05) is 48.5 Å². The van der Waals surface area contributed by atoms with E-state index in [9.17, 15) is 10.1 Å². The summed E-state index contributed by atoms with van der Waals surface area (Å²) in [6.07, 6.45) is 3.99. The number of allylic oxidation sites excluding steroid dienone is 1. The first kappa shape index (κ1) is 22.3. The van der Waals surface area contributed by atoms with Gasteiger partial charge in [-0.2, -0.15) is 5.26 Å². The second-order valence-corrected chi connectivity index (χ2v) is 8.13. The van der Waals surface area contributed by atoms with Gasteiger partial charge in [0.25, 0.3) is 5.91 Å². The Kier molecular flexibility index (Phi) is 7.28. The highest BCUT2D eigenvalue weighted by Gasteiger charge is 2.14. The summed E-state index contributed by atoms with van der Waals surface area (Å²) >= 11 is 3.60. The topological polar surface area (TPSA) is 53.3 Å². The third-order valence-electron chi connectivity index (χ3n) is 4.83. The Balaban J connectivity index is 1.95. The number of likely N-dealkylation sites (N-methyl/N-ethyl adjacent to an activating group) is 1. The number of halogens is 1. The van der Waals surface area contributed by atoms with Gasteiger partial charge in [-0.3, -0.25) is 4.79 Å². The van der Waals surface area contributed by atoms with Crippen molar-refractivity contribution in [3.8, 4) is 11.8 Å². The van der Waals surface area contributed by atoms with Crippen LogP contribution in [0.15, 0.2) is 77.3 Å². The zero-order valence-electron chi connectivity index (χ0n) is 17.6. The van der Waals surface area contributed by atoms with E-state index in [0.29, 0.717) is 13.0 Å². The summed E-state index contributed by atoms with van der Waals surface area (Å²) in [5, 5.41) is 11.7. The molecule has 0 aliphatic carbocycles. The van der Waals surface area contributed by atoms with Crippen LogP contribution >= 0.6 is 15.9 Å². The van der Waals surface area contributed by atoms with E-state index >= 15 is 0 Å². The highest BCUT2D eigenvalue weighted by atomic mass is 79.9. The van der Waals surface area contributed by atoms with E-state index in [1.807, 2.05) is 36.4 Å². The molecule has 31 heavy (non-hydrogen) atoms. The van der Waals surface area contributed by atoms with Crippen molar-refractivity contribution in [1.29, 1.82) is 5.26 Å². The van der Waals surface area contributed by atoms with Gasteiger partial charge in [-0.25, -0.2) is 0 Å². The summed E-state index contributed by atoms with van der Waals surface area (Å²) in [6.45, 7) is 4.26. The molecule has 3 aromatic rings. The number of fused-ring (bicyclic) bond motifs is 1. The van der Waals surface area contributed by atoms with E-state index in [1.54, 1.807) is 26.2 Å². The minimum Gasteiger partial charge on any atom is -0.487 e. The van der Waals surface area contributed by atoms with Crippen LogP contribution in [0.3, 0.4) is 0 Å². The third kappa shape index (κ3) is 5.22. The van der Waals surface area contributed by atoms with Crippen LogP contribution in [-0.2, 0) is 17.8 Å². The molecule has 0 N–H and O–H groups in total. The van der Waals surface area contributed by atoms with E-state index in [2.05, 4.69) is 46.8 Å². The fourth-order valence-corrected chi connectivity index (χ4v) is 3.98. The molecule has 0 saturated carbocycles. The zero-order chi connectivity index (χ0) is 22.4. The van der Waals surface area contributed by atoms with Gasteiger partial charge in [0, 0.05) is 14.1 Å². The van der Waals surface area contributed by atoms with E-state index in [1.165, 1.54) is 10.3 Å². The van der Waals surface area contributed by atoms with Crippen LogP contribution in [-0.4, -0.2) is 24.9 Å². The highest BCUT2D eigenvalue weighted by Crippen LogP contribution is 2.33. The van der Waals surface area contributed by atoms with Crippen molar-refractivity contribution in [2.75, 3.05) is 14.1 Å². The molecule has 0 aliphatic rings. The summed E-state index contributed by atoms with van der Waals surface area (Å²) < 4.78 is 6.99. The number of nitriles is 1. The largest absolute Gasteiger partial charge is 0.487 e. The van der Waals surface area contributed by atoms with Gasteiger partial charge < -0.3 is 9.64 Å². The van der Waals surface area contributed by atoms with Gasteiger partial charge in [0.05, 0.1) is 4.47 Å². The van der Waals surface area contributed by atoms with E-state index in [4.69, 9.17) is 4.74 Å². The molecule has 0 aliphatic heterocycles. The standard InChI is InChI=1S/C26H23BrN2O2/c1-4-8-20-13-18(14-22(16-28)26(30)29(2)3)15-24(27)25(20)31-17-21-11-7-10-19-9-5-6-12-23(19)21/h4-7,9-15H,1,8,17H2,2-3H3/b22-14-. The van der Waals surface area contributed by atoms with Crippen LogP contribution in [0.25, 0.3) is 16.8 Å². The maximum atomic E-state index is 12.2.